The average molecular weight is 244 g/mol. The van der Waals surface area contributed by atoms with E-state index in [0.717, 1.165) is 17.0 Å². The van der Waals surface area contributed by atoms with E-state index >= 15 is 0 Å². The number of aromatic nitrogens is 2. The lowest BCUT2D eigenvalue weighted by Crippen LogP contribution is -2.01. The topological polar surface area (TPSA) is 25.8 Å². The molecule has 0 aliphatic carbocycles. The van der Waals surface area contributed by atoms with Crippen LogP contribution < -0.4 is 5.30 Å². The maximum Gasteiger partial charge on any atom is 0.116 e. The second-order valence-electron chi connectivity index (χ2n) is 4.51. The van der Waals surface area contributed by atoms with Crippen molar-refractivity contribution < 1.29 is 0 Å². The van der Waals surface area contributed by atoms with Crippen LogP contribution in [0.3, 0.4) is 0 Å². The third-order valence-corrected chi connectivity index (χ3v) is 3.24. The van der Waals surface area contributed by atoms with E-state index in [9.17, 15) is 0 Å². The molecule has 1 unspecified atom stereocenters. The third-order valence-electron chi connectivity index (χ3n) is 2.85. The van der Waals surface area contributed by atoms with Crippen LogP contribution in [0.5, 0.6) is 0 Å². The van der Waals surface area contributed by atoms with E-state index in [0.29, 0.717) is 5.92 Å². The highest BCUT2D eigenvalue weighted by molar-refractivity contribution is 7.27. The van der Waals surface area contributed by atoms with Gasteiger partial charge in [-0.25, -0.2) is 9.97 Å². The van der Waals surface area contributed by atoms with Crippen molar-refractivity contribution in [3.05, 3.63) is 41.9 Å². The molecule has 0 aliphatic heterocycles. The molecule has 0 N–H and O–H groups in total. The van der Waals surface area contributed by atoms with Gasteiger partial charge in [0, 0.05) is 11.3 Å². The molecule has 2 rings (SSSR count). The maximum atomic E-state index is 4.40. The summed E-state index contributed by atoms with van der Waals surface area (Å²) in [5.74, 6) is 0.428. The summed E-state index contributed by atoms with van der Waals surface area (Å²) in [7, 11) is 2.69. The van der Waals surface area contributed by atoms with Crippen LogP contribution in [0, 0.1) is 6.92 Å². The summed E-state index contributed by atoms with van der Waals surface area (Å²) in [6.07, 6.45) is 1.66. The summed E-state index contributed by atoms with van der Waals surface area (Å²) in [4.78, 5) is 8.77. The number of hydrogen-bond donors (Lipinski definition) is 0. The molecule has 1 aromatic heterocycles. The summed E-state index contributed by atoms with van der Waals surface area (Å²) in [5, 5.41) is 1.18. The summed E-state index contributed by atoms with van der Waals surface area (Å²) < 4.78 is 0. The van der Waals surface area contributed by atoms with Gasteiger partial charge in [0.25, 0.3) is 0 Å². The molecule has 0 amide bonds. The Kier molecular flexibility index (Phi) is 3.54. The van der Waals surface area contributed by atoms with Crippen molar-refractivity contribution in [2.75, 3.05) is 0 Å². The van der Waals surface area contributed by atoms with E-state index < -0.39 is 0 Å². The van der Waals surface area contributed by atoms with Crippen molar-refractivity contribution in [2.45, 2.75) is 26.7 Å². The smallest absolute Gasteiger partial charge is 0.116 e. The van der Waals surface area contributed by atoms with E-state index in [4.69, 9.17) is 0 Å². The Hall–Kier alpha value is -1.27. The SMILES string of the molecule is Cc1c(-c2ccc(P)cc2)ncnc1C(C)C. The summed E-state index contributed by atoms with van der Waals surface area (Å²) in [6.45, 7) is 6.41. The third kappa shape index (κ3) is 2.53. The first-order valence-electron chi connectivity index (χ1n) is 5.77. The van der Waals surface area contributed by atoms with Gasteiger partial charge in [-0.1, -0.05) is 38.1 Å². The normalized spacial score (nSPS) is 10.9. The van der Waals surface area contributed by atoms with Crippen molar-refractivity contribution >= 4 is 14.5 Å². The fraction of sp³-hybridized carbons (Fsp3) is 0.286. The first-order valence-corrected chi connectivity index (χ1v) is 6.34. The Labute approximate surface area is 105 Å². The van der Waals surface area contributed by atoms with Gasteiger partial charge in [0.05, 0.1) is 5.69 Å². The Morgan fingerprint density at radius 3 is 2.29 bits per heavy atom. The predicted octanol–water partition coefficient (Wildman–Crippen LogP) is 3.08. The second kappa shape index (κ2) is 4.93. The Balaban J connectivity index is 2.52. The molecule has 3 heteroatoms. The van der Waals surface area contributed by atoms with Crippen LogP contribution in [-0.4, -0.2) is 9.97 Å². The molecule has 0 spiro atoms. The van der Waals surface area contributed by atoms with E-state index in [1.165, 1.54) is 10.9 Å². The Morgan fingerprint density at radius 1 is 1.06 bits per heavy atom. The van der Waals surface area contributed by atoms with Crippen LogP contribution >= 0.6 is 9.24 Å². The highest BCUT2D eigenvalue weighted by atomic mass is 31.0. The average Bonchev–Trinajstić information content (AvgIpc) is 2.30. The van der Waals surface area contributed by atoms with E-state index in [-0.39, 0.29) is 0 Å². The molecule has 1 atom stereocenters. The first-order chi connectivity index (χ1) is 8.09. The molecule has 0 bridgehead atoms. The van der Waals surface area contributed by atoms with Crippen molar-refractivity contribution in [3.63, 3.8) is 0 Å². The van der Waals surface area contributed by atoms with Gasteiger partial charge in [0.2, 0.25) is 0 Å². The van der Waals surface area contributed by atoms with Gasteiger partial charge in [0.15, 0.2) is 0 Å². The molecule has 2 nitrogen and oxygen atoms in total. The standard InChI is InChI=1S/C14H17N2P/c1-9(2)13-10(3)14(16-8-15-13)11-4-6-12(17)7-5-11/h4-9H,17H2,1-3H3. The number of benzene rings is 1. The molecule has 0 radical (unpaired) electrons. The van der Waals surface area contributed by atoms with Crippen molar-refractivity contribution in [3.8, 4) is 11.3 Å². The zero-order chi connectivity index (χ0) is 12.4. The van der Waals surface area contributed by atoms with Gasteiger partial charge in [-0.05, 0) is 23.7 Å². The van der Waals surface area contributed by atoms with Crippen LogP contribution in [0.4, 0.5) is 0 Å². The Morgan fingerprint density at radius 2 is 1.71 bits per heavy atom. The molecule has 0 fully saturated rings. The minimum Gasteiger partial charge on any atom is -0.241 e. The van der Waals surface area contributed by atoms with Crippen LogP contribution in [-0.2, 0) is 0 Å². The highest BCUT2D eigenvalue weighted by Gasteiger charge is 2.11. The quantitative estimate of drug-likeness (QED) is 0.759. The van der Waals surface area contributed by atoms with Crippen LogP contribution in [0.15, 0.2) is 30.6 Å². The largest absolute Gasteiger partial charge is 0.241 e. The lowest BCUT2D eigenvalue weighted by atomic mass is 10.00. The zero-order valence-corrected chi connectivity index (χ0v) is 11.6. The Bertz CT molecular complexity index is 518. The number of nitrogens with zero attached hydrogens (tertiary/aromatic N) is 2. The lowest BCUT2D eigenvalue weighted by molar-refractivity contribution is 0.803. The monoisotopic (exact) mass is 244 g/mol. The second-order valence-corrected chi connectivity index (χ2v) is 5.18. The maximum absolute atomic E-state index is 4.40. The first kappa shape index (κ1) is 12.2. The molecule has 88 valence electrons. The molecule has 1 heterocycles. The summed E-state index contributed by atoms with van der Waals surface area (Å²) in [6, 6.07) is 8.36. The number of hydrogen-bond acceptors (Lipinski definition) is 2. The molecule has 2 aromatic rings. The van der Waals surface area contributed by atoms with Crippen LogP contribution in [0.2, 0.25) is 0 Å². The van der Waals surface area contributed by atoms with Gasteiger partial charge in [0.1, 0.15) is 6.33 Å². The molecule has 0 saturated heterocycles. The fourth-order valence-electron chi connectivity index (χ4n) is 1.98. The van der Waals surface area contributed by atoms with Crippen molar-refractivity contribution in [2.24, 2.45) is 0 Å². The minimum atomic E-state index is 0.428. The predicted molar refractivity (Wildman–Crippen MR) is 75.6 cm³/mol. The molecule has 0 saturated carbocycles. The zero-order valence-electron chi connectivity index (χ0n) is 10.4. The lowest BCUT2D eigenvalue weighted by Gasteiger charge is -2.12. The number of rotatable bonds is 2. The van der Waals surface area contributed by atoms with Gasteiger partial charge in [-0.3, -0.25) is 0 Å². The fourth-order valence-corrected chi connectivity index (χ4v) is 2.17. The molecular formula is C14H17N2P. The molecular weight excluding hydrogens is 227 g/mol. The molecule has 17 heavy (non-hydrogen) atoms. The van der Waals surface area contributed by atoms with Gasteiger partial charge in [-0.2, -0.15) is 0 Å². The van der Waals surface area contributed by atoms with Crippen LogP contribution in [0.25, 0.3) is 11.3 Å². The van der Waals surface area contributed by atoms with Crippen molar-refractivity contribution in [1.29, 1.82) is 0 Å². The molecule has 1 aromatic carbocycles. The summed E-state index contributed by atoms with van der Waals surface area (Å²) in [5.41, 5.74) is 4.50. The highest BCUT2D eigenvalue weighted by Crippen LogP contribution is 2.25. The van der Waals surface area contributed by atoms with Gasteiger partial charge < -0.3 is 0 Å². The minimum absolute atomic E-state index is 0.428. The van der Waals surface area contributed by atoms with E-state index in [1.54, 1.807) is 6.33 Å². The van der Waals surface area contributed by atoms with Crippen molar-refractivity contribution in [1.82, 2.24) is 9.97 Å². The van der Waals surface area contributed by atoms with Gasteiger partial charge in [-0.15, -0.1) is 9.24 Å². The summed E-state index contributed by atoms with van der Waals surface area (Å²) >= 11 is 0. The van der Waals surface area contributed by atoms with E-state index in [2.05, 4.69) is 64.2 Å². The van der Waals surface area contributed by atoms with Crippen LogP contribution in [0.1, 0.15) is 31.0 Å². The van der Waals surface area contributed by atoms with E-state index in [1.807, 2.05) is 0 Å². The van der Waals surface area contributed by atoms with Gasteiger partial charge >= 0.3 is 0 Å². The molecule has 0 aliphatic rings.